The van der Waals surface area contributed by atoms with Crippen molar-refractivity contribution in [1.29, 1.82) is 0 Å². The minimum absolute atomic E-state index is 0.986. The van der Waals surface area contributed by atoms with Crippen molar-refractivity contribution in [1.82, 2.24) is 0 Å². The van der Waals surface area contributed by atoms with Gasteiger partial charge in [-0.05, 0) is 59.2 Å². The van der Waals surface area contributed by atoms with Gasteiger partial charge in [-0.15, -0.1) is 0 Å². The van der Waals surface area contributed by atoms with Crippen molar-refractivity contribution < 1.29 is 0 Å². The molecule has 4 atom stereocenters. The highest BCUT2D eigenvalue weighted by Crippen LogP contribution is 2.56. The maximum absolute atomic E-state index is 2.83. The number of hydrogen-bond acceptors (Lipinski definition) is 0. The summed E-state index contributed by atoms with van der Waals surface area (Å²) in [7, 11) is 0. The van der Waals surface area contributed by atoms with Gasteiger partial charge >= 0.3 is 0 Å². The fourth-order valence-electron chi connectivity index (χ4n) is 11.6. The van der Waals surface area contributed by atoms with Gasteiger partial charge < -0.3 is 0 Å². The quantitative estimate of drug-likeness (QED) is 0.289. The Bertz CT molecular complexity index is 560. The highest BCUT2D eigenvalue weighted by atomic mass is 14.5. The van der Waals surface area contributed by atoms with E-state index in [1.807, 2.05) is 0 Å². The molecule has 5 aliphatic carbocycles. The molecule has 0 N–H and O–H groups in total. The van der Waals surface area contributed by atoms with Crippen LogP contribution in [-0.2, 0) is 0 Å². The summed E-state index contributed by atoms with van der Waals surface area (Å²) in [6.07, 6.45) is 38.8. The van der Waals surface area contributed by atoms with Gasteiger partial charge in [0, 0.05) is 0 Å². The Balaban J connectivity index is 1.52. The summed E-state index contributed by atoms with van der Waals surface area (Å²) in [5.41, 5.74) is 0. The Labute approximate surface area is 233 Å². The van der Waals surface area contributed by atoms with Crippen LogP contribution in [0.3, 0.4) is 0 Å². The highest BCUT2D eigenvalue weighted by molar-refractivity contribution is 4.97. The highest BCUT2D eigenvalue weighted by Gasteiger charge is 2.48. The SMILES string of the molecule is CC(C1CCCCC1)C(C1CCCCC1)C(C1CCCCC1)C(C1CCCCC1)C(C)C1CCCCC1. The first-order chi connectivity index (χ1) is 18.2. The van der Waals surface area contributed by atoms with Crippen molar-refractivity contribution in [3.05, 3.63) is 0 Å². The topological polar surface area (TPSA) is 0 Å². The third-order valence-electron chi connectivity index (χ3n) is 13.5. The summed E-state index contributed by atoms with van der Waals surface area (Å²) >= 11 is 0. The van der Waals surface area contributed by atoms with Crippen LogP contribution in [-0.4, -0.2) is 0 Å². The lowest BCUT2D eigenvalue weighted by atomic mass is 9.51. The molecule has 0 bridgehead atoms. The molecule has 0 nitrogen and oxygen atoms in total. The van der Waals surface area contributed by atoms with E-state index in [1.54, 1.807) is 103 Å². The fourth-order valence-corrected chi connectivity index (χ4v) is 11.6. The molecule has 0 aromatic heterocycles. The van der Waals surface area contributed by atoms with E-state index < -0.39 is 0 Å². The molecule has 0 amide bonds. The van der Waals surface area contributed by atoms with Crippen LogP contribution in [0.1, 0.15) is 174 Å². The van der Waals surface area contributed by atoms with E-state index in [2.05, 4.69) is 13.8 Å². The van der Waals surface area contributed by atoms with E-state index in [0.29, 0.717) is 0 Å². The molecule has 0 heteroatoms. The van der Waals surface area contributed by atoms with Crippen LogP contribution < -0.4 is 0 Å². The first-order valence-electron chi connectivity index (χ1n) is 18.2. The van der Waals surface area contributed by atoms with E-state index in [4.69, 9.17) is 0 Å². The third-order valence-corrected chi connectivity index (χ3v) is 13.5. The maximum atomic E-state index is 2.83. The van der Waals surface area contributed by atoms with Crippen molar-refractivity contribution >= 4 is 0 Å². The normalized spacial score (nSPS) is 31.0. The lowest BCUT2D eigenvalue weighted by molar-refractivity contribution is -0.0508. The van der Waals surface area contributed by atoms with Crippen LogP contribution in [0, 0.1) is 59.2 Å². The zero-order chi connectivity index (χ0) is 25.5. The molecule has 214 valence electrons. The molecule has 37 heavy (non-hydrogen) atoms. The predicted molar refractivity (Wildman–Crippen MR) is 162 cm³/mol. The Kier molecular flexibility index (Phi) is 11.2. The average Bonchev–Trinajstić information content (AvgIpc) is 2.99. The predicted octanol–water partition coefficient (Wildman–Crippen LogP) is 12.0. The molecular weight excluding hydrogens is 444 g/mol. The first-order valence-corrected chi connectivity index (χ1v) is 18.2. The van der Waals surface area contributed by atoms with Crippen molar-refractivity contribution in [2.24, 2.45) is 59.2 Å². The van der Waals surface area contributed by atoms with E-state index in [-0.39, 0.29) is 0 Å². The summed E-state index contributed by atoms with van der Waals surface area (Å²) < 4.78 is 0. The van der Waals surface area contributed by atoms with Crippen molar-refractivity contribution in [2.45, 2.75) is 174 Å². The zero-order valence-electron chi connectivity index (χ0n) is 25.5. The molecule has 4 unspecified atom stereocenters. The number of hydrogen-bond donors (Lipinski definition) is 0. The van der Waals surface area contributed by atoms with Gasteiger partial charge in [-0.25, -0.2) is 0 Å². The van der Waals surface area contributed by atoms with Crippen LogP contribution in [0.15, 0.2) is 0 Å². The zero-order valence-corrected chi connectivity index (χ0v) is 25.5. The molecule has 5 fully saturated rings. The van der Waals surface area contributed by atoms with Crippen LogP contribution in [0.4, 0.5) is 0 Å². The molecule has 0 saturated heterocycles. The van der Waals surface area contributed by atoms with Gasteiger partial charge in [0.05, 0.1) is 0 Å². The van der Waals surface area contributed by atoms with E-state index in [9.17, 15) is 0 Å². The second kappa shape index (κ2) is 14.6. The Morgan fingerprint density at radius 3 is 0.757 bits per heavy atom. The van der Waals surface area contributed by atoms with Crippen molar-refractivity contribution in [3.63, 3.8) is 0 Å². The third kappa shape index (κ3) is 7.20. The van der Waals surface area contributed by atoms with E-state index in [1.165, 1.54) is 57.8 Å². The molecule has 0 aromatic rings. The molecule has 0 aliphatic heterocycles. The van der Waals surface area contributed by atoms with Crippen molar-refractivity contribution in [2.75, 3.05) is 0 Å². The molecule has 0 heterocycles. The van der Waals surface area contributed by atoms with Gasteiger partial charge in [0.1, 0.15) is 0 Å². The number of rotatable bonds is 9. The van der Waals surface area contributed by atoms with Gasteiger partial charge in [0.2, 0.25) is 0 Å². The van der Waals surface area contributed by atoms with Gasteiger partial charge in [0.25, 0.3) is 0 Å². The van der Waals surface area contributed by atoms with Crippen LogP contribution in [0.2, 0.25) is 0 Å². The van der Waals surface area contributed by atoms with Crippen LogP contribution >= 0.6 is 0 Å². The molecule has 5 rings (SSSR count). The van der Waals surface area contributed by atoms with Crippen LogP contribution in [0.5, 0.6) is 0 Å². The van der Waals surface area contributed by atoms with Gasteiger partial charge in [-0.3, -0.25) is 0 Å². The average molecular weight is 511 g/mol. The van der Waals surface area contributed by atoms with Gasteiger partial charge in [0.15, 0.2) is 0 Å². The smallest absolute Gasteiger partial charge is 0.0318 e. The Hall–Kier alpha value is 0. The molecule has 0 spiro atoms. The fraction of sp³-hybridized carbons (Fsp3) is 1.00. The second-order valence-electron chi connectivity index (χ2n) is 15.4. The summed E-state index contributed by atoms with van der Waals surface area (Å²) in [4.78, 5) is 0. The standard InChI is InChI=1S/C37H66/c1-28(30-18-8-3-9-19-30)35(32-22-12-5-13-23-32)37(34-26-16-7-17-27-34)36(33-24-14-6-15-25-33)29(2)31-20-10-4-11-21-31/h28-37H,3-27H2,1-2H3. The minimum Gasteiger partial charge on any atom is -0.0620 e. The first kappa shape index (κ1) is 28.5. The Morgan fingerprint density at radius 2 is 0.486 bits per heavy atom. The van der Waals surface area contributed by atoms with Crippen molar-refractivity contribution in [3.8, 4) is 0 Å². The molecule has 5 saturated carbocycles. The van der Waals surface area contributed by atoms with E-state index >= 15 is 0 Å². The summed E-state index contributed by atoms with van der Waals surface area (Å²) in [6.45, 7) is 5.66. The summed E-state index contributed by atoms with van der Waals surface area (Å²) in [5.74, 6) is 10.4. The molecule has 0 aromatic carbocycles. The largest absolute Gasteiger partial charge is 0.0620 e. The lowest BCUT2D eigenvalue weighted by Gasteiger charge is -2.54. The summed E-state index contributed by atoms with van der Waals surface area (Å²) in [6, 6.07) is 0. The monoisotopic (exact) mass is 511 g/mol. The molecular formula is C37H66. The van der Waals surface area contributed by atoms with Gasteiger partial charge in [-0.1, -0.05) is 174 Å². The Morgan fingerprint density at radius 1 is 0.270 bits per heavy atom. The van der Waals surface area contributed by atoms with E-state index in [0.717, 1.165) is 59.2 Å². The summed E-state index contributed by atoms with van der Waals surface area (Å²) in [5, 5.41) is 0. The molecule has 5 aliphatic rings. The maximum Gasteiger partial charge on any atom is -0.0318 e. The minimum atomic E-state index is 0.986. The van der Waals surface area contributed by atoms with Gasteiger partial charge in [-0.2, -0.15) is 0 Å². The van der Waals surface area contributed by atoms with Crippen LogP contribution in [0.25, 0.3) is 0 Å². The second-order valence-corrected chi connectivity index (χ2v) is 15.4. The molecule has 0 radical (unpaired) electrons. The lowest BCUT2D eigenvalue weighted by Crippen LogP contribution is -2.47.